The molecule has 2 aliphatic rings. The molecule has 2 fully saturated rings. The number of nitrogens with zero attached hydrogens (tertiary/aromatic N) is 3. The van der Waals surface area contributed by atoms with Gasteiger partial charge in [0.1, 0.15) is 12.2 Å². The summed E-state index contributed by atoms with van der Waals surface area (Å²) in [7, 11) is 0. The largest absolute Gasteiger partial charge is 0.332 e. The number of para-hydroxylation sites is 1. The van der Waals surface area contributed by atoms with Crippen LogP contribution < -0.4 is 10.6 Å². The summed E-state index contributed by atoms with van der Waals surface area (Å²) in [6.07, 6.45) is 6.70. The number of carbonyl (C=O) groups is 2. The second kappa shape index (κ2) is 8.43. The third-order valence-corrected chi connectivity index (χ3v) is 6.10. The molecule has 0 atom stereocenters. The summed E-state index contributed by atoms with van der Waals surface area (Å²) in [6.45, 7) is 1.64. The van der Waals surface area contributed by atoms with Crippen molar-refractivity contribution >= 4 is 17.9 Å². The Morgan fingerprint density at radius 2 is 1.69 bits per heavy atom. The quantitative estimate of drug-likeness (QED) is 0.628. The first kappa shape index (κ1) is 20.2. The number of amides is 2. The van der Waals surface area contributed by atoms with Gasteiger partial charge in [-0.1, -0.05) is 48.5 Å². The molecule has 0 unspecified atom stereocenters. The number of aromatic nitrogens is 2. The van der Waals surface area contributed by atoms with Crippen LogP contribution in [0.2, 0.25) is 0 Å². The van der Waals surface area contributed by atoms with Crippen LogP contribution >= 0.6 is 0 Å². The van der Waals surface area contributed by atoms with Crippen LogP contribution in [0.4, 0.5) is 0 Å². The van der Waals surface area contributed by atoms with Gasteiger partial charge in [0.15, 0.2) is 0 Å². The number of nitrogens with one attached hydrogen (secondary N) is 2. The van der Waals surface area contributed by atoms with Gasteiger partial charge in [0.2, 0.25) is 11.8 Å². The lowest BCUT2D eigenvalue weighted by atomic mass is 9.97. The molecule has 3 aromatic rings. The topological polar surface area (TPSA) is 79.3 Å². The summed E-state index contributed by atoms with van der Waals surface area (Å²) in [5.41, 5.74) is 2.97. The normalized spacial score (nSPS) is 17.8. The Morgan fingerprint density at radius 1 is 1.00 bits per heavy atom. The van der Waals surface area contributed by atoms with Gasteiger partial charge in [-0.05, 0) is 31.3 Å². The van der Waals surface area contributed by atoms with Gasteiger partial charge in [-0.3, -0.25) is 9.59 Å². The molecule has 162 valence electrons. The fourth-order valence-corrected chi connectivity index (χ4v) is 4.48. The van der Waals surface area contributed by atoms with Crippen LogP contribution in [0.3, 0.4) is 0 Å². The molecule has 3 heterocycles. The Morgan fingerprint density at radius 3 is 2.41 bits per heavy atom. The van der Waals surface area contributed by atoms with Crippen LogP contribution in [0, 0.1) is 0 Å². The number of benzene rings is 2. The van der Waals surface area contributed by atoms with Crippen molar-refractivity contribution < 1.29 is 9.59 Å². The standard InChI is InChI=1S/C25H25N5O2/c31-22-18-29(25(27-22)13-15-26-16-14-25)23(32)12-11-20-17-30(21-9-5-2-6-10-21)28-24(20)19-7-3-1-4-8-19/h1-12,17,26H,13-16,18H2,(H,27,31)/b12-11+. The van der Waals surface area contributed by atoms with E-state index in [0.717, 1.165) is 35.6 Å². The number of hydrogen-bond donors (Lipinski definition) is 2. The second-order valence-electron chi connectivity index (χ2n) is 8.17. The van der Waals surface area contributed by atoms with E-state index in [0.29, 0.717) is 12.8 Å². The molecule has 2 N–H and O–H groups in total. The Balaban J connectivity index is 1.47. The summed E-state index contributed by atoms with van der Waals surface area (Å²) < 4.78 is 1.82. The SMILES string of the molecule is O=C1CN(C(=O)/C=C/c2cn(-c3ccccc3)nc2-c2ccccc2)C2(CCNCC2)N1. The van der Waals surface area contributed by atoms with Crippen molar-refractivity contribution in [3.8, 4) is 16.9 Å². The van der Waals surface area contributed by atoms with Crippen molar-refractivity contribution in [2.24, 2.45) is 0 Å². The molecular weight excluding hydrogens is 402 g/mol. The first-order chi connectivity index (χ1) is 15.6. The number of piperidine rings is 1. The van der Waals surface area contributed by atoms with Crippen molar-refractivity contribution in [3.05, 3.63) is 78.5 Å². The van der Waals surface area contributed by atoms with Crippen molar-refractivity contribution in [3.63, 3.8) is 0 Å². The van der Waals surface area contributed by atoms with Crippen LogP contribution in [0.15, 0.2) is 72.9 Å². The third kappa shape index (κ3) is 3.83. The van der Waals surface area contributed by atoms with Crippen LogP contribution in [0.25, 0.3) is 23.0 Å². The molecule has 2 aromatic carbocycles. The summed E-state index contributed by atoms with van der Waals surface area (Å²) >= 11 is 0. The molecule has 0 aliphatic carbocycles. The lowest BCUT2D eigenvalue weighted by Gasteiger charge is -2.40. The maximum atomic E-state index is 13.2. The van der Waals surface area contributed by atoms with Crippen LogP contribution in [0.5, 0.6) is 0 Å². The summed E-state index contributed by atoms with van der Waals surface area (Å²) in [5, 5.41) is 11.1. The van der Waals surface area contributed by atoms with E-state index in [9.17, 15) is 9.59 Å². The molecule has 32 heavy (non-hydrogen) atoms. The van der Waals surface area contributed by atoms with E-state index in [1.54, 1.807) is 17.1 Å². The van der Waals surface area contributed by atoms with Gasteiger partial charge in [0.25, 0.3) is 0 Å². The van der Waals surface area contributed by atoms with Gasteiger partial charge >= 0.3 is 0 Å². The average molecular weight is 428 g/mol. The van der Waals surface area contributed by atoms with Gasteiger partial charge in [0, 0.05) is 36.2 Å². The summed E-state index contributed by atoms with van der Waals surface area (Å²) in [6, 6.07) is 19.8. The monoisotopic (exact) mass is 427 g/mol. The van der Waals surface area contributed by atoms with E-state index < -0.39 is 5.66 Å². The highest BCUT2D eigenvalue weighted by Gasteiger charge is 2.46. The van der Waals surface area contributed by atoms with E-state index in [-0.39, 0.29) is 18.4 Å². The summed E-state index contributed by atoms with van der Waals surface area (Å²) in [4.78, 5) is 27.0. The van der Waals surface area contributed by atoms with E-state index in [4.69, 9.17) is 5.10 Å². The Hall–Kier alpha value is -3.71. The van der Waals surface area contributed by atoms with Crippen LogP contribution in [-0.2, 0) is 9.59 Å². The maximum absolute atomic E-state index is 13.2. The zero-order valence-corrected chi connectivity index (χ0v) is 17.7. The number of carbonyl (C=O) groups excluding carboxylic acids is 2. The minimum atomic E-state index is -0.583. The zero-order chi connectivity index (χ0) is 22.0. The highest BCUT2D eigenvalue weighted by molar-refractivity contribution is 5.97. The predicted molar refractivity (Wildman–Crippen MR) is 123 cm³/mol. The van der Waals surface area contributed by atoms with Crippen LogP contribution in [-0.4, -0.2) is 51.8 Å². The van der Waals surface area contributed by atoms with Gasteiger partial charge in [-0.25, -0.2) is 4.68 Å². The molecule has 2 aliphatic heterocycles. The maximum Gasteiger partial charge on any atom is 0.248 e. The Bertz CT molecular complexity index is 1150. The molecule has 0 bridgehead atoms. The highest BCUT2D eigenvalue weighted by Crippen LogP contribution is 2.29. The fraction of sp³-hybridized carbons (Fsp3) is 0.240. The molecule has 7 nitrogen and oxygen atoms in total. The molecule has 1 aromatic heterocycles. The molecular formula is C25H25N5O2. The van der Waals surface area contributed by atoms with Gasteiger partial charge in [-0.15, -0.1) is 0 Å². The smallest absolute Gasteiger partial charge is 0.248 e. The highest BCUT2D eigenvalue weighted by atomic mass is 16.2. The molecule has 0 radical (unpaired) electrons. The fourth-order valence-electron chi connectivity index (χ4n) is 4.48. The van der Waals surface area contributed by atoms with E-state index >= 15 is 0 Å². The first-order valence-corrected chi connectivity index (χ1v) is 10.9. The average Bonchev–Trinajstić information content (AvgIpc) is 3.40. The Kier molecular flexibility index (Phi) is 5.33. The molecule has 7 heteroatoms. The van der Waals surface area contributed by atoms with E-state index in [1.165, 1.54) is 0 Å². The predicted octanol–water partition coefficient (Wildman–Crippen LogP) is 2.59. The molecule has 2 amide bonds. The van der Waals surface area contributed by atoms with Gasteiger partial charge in [-0.2, -0.15) is 5.10 Å². The van der Waals surface area contributed by atoms with Crippen molar-refractivity contribution in [2.75, 3.05) is 19.6 Å². The molecule has 5 rings (SSSR count). The minimum Gasteiger partial charge on any atom is -0.332 e. The first-order valence-electron chi connectivity index (χ1n) is 10.9. The van der Waals surface area contributed by atoms with Gasteiger partial charge < -0.3 is 15.5 Å². The third-order valence-electron chi connectivity index (χ3n) is 6.10. The van der Waals surface area contributed by atoms with Crippen molar-refractivity contribution in [2.45, 2.75) is 18.5 Å². The zero-order valence-electron chi connectivity index (χ0n) is 17.7. The molecule has 0 saturated carbocycles. The second-order valence-corrected chi connectivity index (χ2v) is 8.17. The van der Waals surface area contributed by atoms with E-state index in [1.807, 2.05) is 71.5 Å². The Labute approximate surface area is 186 Å². The molecule has 1 spiro atoms. The lowest BCUT2D eigenvalue weighted by molar-refractivity contribution is -0.131. The molecule has 2 saturated heterocycles. The van der Waals surface area contributed by atoms with Crippen molar-refractivity contribution in [1.29, 1.82) is 0 Å². The number of hydrogen-bond acceptors (Lipinski definition) is 4. The van der Waals surface area contributed by atoms with Gasteiger partial charge in [0.05, 0.1) is 11.4 Å². The summed E-state index contributed by atoms with van der Waals surface area (Å²) in [5.74, 6) is -0.271. The van der Waals surface area contributed by atoms with E-state index in [2.05, 4.69) is 10.6 Å². The lowest BCUT2D eigenvalue weighted by Crippen LogP contribution is -2.58. The number of rotatable bonds is 4. The van der Waals surface area contributed by atoms with Crippen molar-refractivity contribution in [1.82, 2.24) is 25.3 Å². The van der Waals surface area contributed by atoms with Crippen LogP contribution in [0.1, 0.15) is 18.4 Å². The minimum absolute atomic E-state index is 0.0952.